The third-order valence-corrected chi connectivity index (χ3v) is 5.17. The average molecular weight is 482 g/mol. The number of rotatable bonds is 15. The van der Waals surface area contributed by atoms with E-state index >= 15 is 0 Å². The first kappa shape index (κ1) is 28.4. The first-order chi connectivity index (χ1) is 16.0. The molecule has 190 valence electrons. The third-order valence-electron chi connectivity index (χ3n) is 5.17. The number of aromatic amines is 1. The lowest BCUT2D eigenvalue weighted by Crippen LogP contribution is -2.54. The van der Waals surface area contributed by atoms with Crippen LogP contribution in [0, 0.1) is 5.92 Å². The van der Waals surface area contributed by atoms with Crippen LogP contribution in [0.25, 0.3) is 0 Å². The number of aliphatic carboxylic acids is 1. The van der Waals surface area contributed by atoms with Crippen LogP contribution in [0.2, 0.25) is 0 Å². The van der Waals surface area contributed by atoms with Crippen LogP contribution in [0.15, 0.2) is 17.5 Å². The maximum atomic E-state index is 12.8. The van der Waals surface area contributed by atoms with Gasteiger partial charge in [-0.15, -0.1) is 0 Å². The van der Waals surface area contributed by atoms with E-state index in [0.29, 0.717) is 18.5 Å². The summed E-state index contributed by atoms with van der Waals surface area (Å²) in [6, 6.07) is -3.10. The Morgan fingerprint density at radius 1 is 1.18 bits per heavy atom. The minimum atomic E-state index is -1.25. The van der Waals surface area contributed by atoms with E-state index in [1.54, 1.807) is 0 Å². The number of hydrogen-bond acceptors (Lipinski definition) is 7. The molecule has 0 aliphatic rings. The molecule has 0 aromatic carbocycles. The Hall–Kier alpha value is -3.68. The van der Waals surface area contributed by atoms with Crippen LogP contribution in [-0.2, 0) is 25.6 Å². The molecule has 0 saturated carbocycles. The Bertz CT molecular complexity index is 839. The second kappa shape index (κ2) is 14.5. The fourth-order valence-corrected chi connectivity index (χ4v) is 2.90. The molecule has 0 bridgehead atoms. The van der Waals surface area contributed by atoms with Crippen LogP contribution in [0.4, 0.5) is 0 Å². The monoisotopic (exact) mass is 481 g/mol. The number of carboxylic acid groups (broad SMARTS) is 1. The standard InChI is InChI=1S/C20H35N9O5/c1-3-11(2)16(21)18(32)26-9-15(30)28-13(5-4-6-25-20(22)23)17(31)29-14(19(33)34)7-12-8-24-10-27-12/h8,10-11,13-14,16H,3-7,9,21H2,1-2H3,(H,24,27)(H,26,32)(H,28,30)(H,29,31)(H,33,34)(H4,22,23,25). The van der Waals surface area contributed by atoms with Gasteiger partial charge in [-0.05, 0) is 18.8 Å². The third kappa shape index (κ3) is 10.3. The maximum Gasteiger partial charge on any atom is 0.326 e. The zero-order valence-electron chi connectivity index (χ0n) is 19.4. The number of aromatic nitrogens is 2. The summed E-state index contributed by atoms with van der Waals surface area (Å²) in [5, 5.41) is 16.9. The van der Waals surface area contributed by atoms with E-state index in [-0.39, 0.29) is 31.3 Å². The number of amides is 3. The van der Waals surface area contributed by atoms with Crippen molar-refractivity contribution in [2.45, 2.75) is 57.7 Å². The molecule has 0 radical (unpaired) electrons. The van der Waals surface area contributed by atoms with Crippen molar-refractivity contribution < 1.29 is 24.3 Å². The molecule has 3 amide bonds. The summed E-state index contributed by atoms with van der Waals surface area (Å²) >= 11 is 0. The van der Waals surface area contributed by atoms with Gasteiger partial charge in [0.15, 0.2) is 5.96 Å². The zero-order chi connectivity index (χ0) is 25.7. The van der Waals surface area contributed by atoms with Gasteiger partial charge in [0.2, 0.25) is 17.7 Å². The SMILES string of the molecule is CCC(C)C(N)C(=O)NCC(=O)NC(CCCN=C(N)N)C(=O)NC(Cc1cnc[nH]1)C(=O)O. The summed E-state index contributed by atoms with van der Waals surface area (Å²) in [6.07, 6.45) is 3.97. The van der Waals surface area contributed by atoms with Crippen LogP contribution in [0.3, 0.4) is 0 Å². The van der Waals surface area contributed by atoms with E-state index in [1.165, 1.54) is 12.5 Å². The number of nitrogens with zero attached hydrogens (tertiary/aromatic N) is 2. The Kier molecular flexibility index (Phi) is 12.1. The lowest BCUT2D eigenvalue weighted by Gasteiger charge is -2.22. The fourth-order valence-electron chi connectivity index (χ4n) is 2.90. The fraction of sp³-hybridized carbons (Fsp3) is 0.600. The predicted octanol–water partition coefficient (Wildman–Crippen LogP) is -2.45. The molecule has 0 fully saturated rings. The van der Waals surface area contributed by atoms with Crippen molar-refractivity contribution >= 4 is 29.7 Å². The van der Waals surface area contributed by atoms with E-state index in [1.807, 2.05) is 13.8 Å². The molecule has 1 rings (SSSR count). The van der Waals surface area contributed by atoms with Crippen molar-refractivity contribution in [2.75, 3.05) is 13.1 Å². The van der Waals surface area contributed by atoms with Crippen LogP contribution in [0.5, 0.6) is 0 Å². The number of nitrogens with two attached hydrogens (primary N) is 3. The van der Waals surface area contributed by atoms with Crippen molar-refractivity contribution in [2.24, 2.45) is 28.1 Å². The minimum absolute atomic E-state index is 0.0285. The summed E-state index contributed by atoms with van der Waals surface area (Å²) in [5.74, 6) is -3.25. The molecule has 0 aliphatic heterocycles. The molecule has 14 heteroatoms. The summed E-state index contributed by atoms with van der Waals surface area (Å²) in [6.45, 7) is 3.53. The predicted molar refractivity (Wildman–Crippen MR) is 124 cm³/mol. The molecule has 1 aromatic rings. The minimum Gasteiger partial charge on any atom is -0.480 e. The van der Waals surface area contributed by atoms with Gasteiger partial charge in [0.25, 0.3) is 0 Å². The second-order valence-corrected chi connectivity index (χ2v) is 7.88. The Morgan fingerprint density at radius 3 is 2.44 bits per heavy atom. The van der Waals surface area contributed by atoms with Gasteiger partial charge in [0.05, 0.1) is 18.9 Å². The topological polar surface area (TPSA) is 244 Å². The number of guanidine groups is 1. The lowest BCUT2D eigenvalue weighted by molar-refractivity contribution is -0.142. The van der Waals surface area contributed by atoms with Crippen molar-refractivity contribution in [1.82, 2.24) is 25.9 Å². The molecule has 34 heavy (non-hydrogen) atoms. The number of carboxylic acids is 1. The molecule has 0 saturated heterocycles. The second-order valence-electron chi connectivity index (χ2n) is 7.88. The van der Waals surface area contributed by atoms with Gasteiger partial charge in [-0.2, -0.15) is 0 Å². The average Bonchev–Trinajstić information content (AvgIpc) is 3.30. The first-order valence-electron chi connectivity index (χ1n) is 10.9. The van der Waals surface area contributed by atoms with E-state index < -0.39 is 48.4 Å². The molecule has 4 atom stereocenters. The number of H-pyrrole nitrogens is 1. The number of hydrogen-bond donors (Lipinski definition) is 8. The highest BCUT2D eigenvalue weighted by Gasteiger charge is 2.27. The van der Waals surface area contributed by atoms with Crippen LogP contribution in [-0.4, -0.2) is 75.9 Å². The molecule has 1 aromatic heterocycles. The summed E-state index contributed by atoms with van der Waals surface area (Å²) in [4.78, 5) is 59.4. The highest BCUT2D eigenvalue weighted by Crippen LogP contribution is 2.05. The Morgan fingerprint density at radius 2 is 1.88 bits per heavy atom. The molecule has 4 unspecified atom stereocenters. The molecule has 0 spiro atoms. The van der Waals surface area contributed by atoms with Gasteiger partial charge in [0, 0.05) is 24.9 Å². The number of imidazole rings is 1. The van der Waals surface area contributed by atoms with E-state index in [2.05, 4.69) is 30.9 Å². The van der Waals surface area contributed by atoms with Gasteiger partial charge in [0.1, 0.15) is 12.1 Å². The van der Waals surface area contributed by atoms with Gasteiger partial charge in [-0.25, -0.2) is 9.78 Å². The highest BCUT2D eigenvalue weighted by molar-refractivity contribution is 5.92. The first-order valence-corrected chi connectivity index (χ1v) is 10.9. The largest absolute Gasteiger partial charge is 0.480 e. The number of nitrogens with one attached hydrogen (secondary N) is 4. The molecule has 0 aliphatic carbocycles. The molecule has 11 N–H and O–H groups in total. The number of carbonyl (C=O) groups is 4. The summed E-state index contributed by atoms with van der Waals surface area (Å²) in [5.41, 5.74) is 16.9. The van der Waals surface area contributed by atoms with Gasteiger partial charge in [-0.1, -0.05) is 20.3 Å². The van der Waals surface area contributed by atoms with Crippen LogP contribution in [0.1, 0.15) is 38.8 Å². The van der Waals surface area contributed by atoms with Crippen molar-refractivity contribution in [1.29, 1.82) is 0 Å². The quantitative estimate of drug-likeness (QED) is 0.0751. The molecular weight excluding hydrogens is 446 g/mol. The van der Waals surface area contributed by atoms with Crippen molar-refractivity contribution in [3.63, 3.8) is 0 Å². The van der Waals surface area contributed by atoms with E-state index in [9.17, 15) is 24.3 Å². The van der Waals surface area contributed by atoms with E-state index in [0.717, 1.165) is 0 Å². The highest BCUT2D eigenvalue weighted by atomic mass is 16.4. The number of aliphatic imine (C=N–C) groups is 1. The zero-order valence-corrected chi connectivity index (χ0v) is 19.4. The Labute approximate surface area is 197 Å². The lowest BCUT2D eigenvalue weighted by atomic mass is 9.99. The Balaban J connectivity index is 2.78. The van der Waals surface area contributed by atoms with Crippen LogP contribution < -0.4 is 33.2 Å². The van der Waals surface area contributed by atoms with Gasteiger partial charge < -0.3 is 43.2 Å². The van der Waals surface area contributed by atoms with Crippen molar-refractivity contribution in [3.8, 4) is 0 Å². The van der Waals surface area contributed by atoms with Gasteiger partial charge >= 0.3 is 5.97 Å². The smallest absolute Gasteiger partial charge is 0.326 e. The summed E-state index contributed by atoms with van der Waals surface area (Å²) < 4.78 is 0. The molecular formula is C20H35N9O5. The van der Waals surface area contributed by atoms with E-state index in [4.69, 9.17) is 17.2 Å². The summed E-state index contributed by atoms with van der Waals surface area (Å²) in [7, 11) is 0. The maximum absolute atomic E-state index is 12.8. The van der Waals surface area contributed by atoms with Crippen molar-refractivity contribution in [3.05, 3.63) is 18.2 Å². The molecule has 1 heterocycles. The molecule has 14 nitrogen and oxygen atoms in total. The van der Waals surface area contributed by atoms with Crippen LogP contribution >= 0.6 is 0 Å². The normalized spacial score (nSPS) is 14.2. The number of carbonyl (C=O) groups excluding carboxylic acids is 3. The van der Waals surface area contributed by atoms with Gasteiger partial charge in [-0.3, -0.25) is 19.4 Å².